The zero-order chi connectivity index (χ0) is 16.8. The van der Waals surface area contributed by atoms with Gasteiger partial charge >= 0.3 is 0 Å². The van der Waals surface area contributed by atoms with E-state index in [1.807, 2.05) is 22.2 Å². The number of thiophene rings is 1. The normalized spacial score (nSPS) is 20.3. The fraction of sp³-hybridized carbons (Fsp3) is 0.611. The van der Waals surface area contributed by atoms with Gasteiger partial charge in [0, 0.05) is 49.4 Å². The van der Waals surface area contributed by atoms with Crippen LogP contribution in [0.15, 0.2) is 29.9 Å². The molecule has 0 amide bonds. The molecule has 1 aliphatic rings. The molecular formula is C18H28N4OS. The second kappa shape index (κ2) is 8.76. The molecule has 132 valence electrons. The van der Waals surface area contributed by atoms with E-state index in [-0.39, 0.29) is 0 Å². The Morgan fingerprint density at radius 3 is 3.17 bits per heavy atom. The summed E-state index contributed by atoms with van der Waals surface area (Å²) < 4.78 is 7.73. The number of nitrogens with zero attached hydrogens (tertiary/aromatic N) is 3. The highest BCUT2D eigenvalue weighted by atomic mass is 32.1. The molecule has 0 spiro atoms. The average Bonchev–Trinajstić information content (AvgIpc) is 3.24. The van der Waals surface area contributed by atoms with Crippen LogP contribution >= 0.6 is 11.3 Å². The molecule has 5 nitrogen and oxygen atoms in total. The van der Waals surface area contributed by atoms with Crippen LogP contribution in [0, 0.1) is 0 Å². The molecule has 0 radical (unpaired) electrons. The van der Waals surface area contributed by atoms with Crippen molar-refractivity contribution in [2.24, 2.45) is 0 Å². The smallest absolute Gasteiger partial charge is 0.0674 e. The van der Waals surface area contributed by atoms with Crippen LogP contribution in [0.25, 0.3) is 0 Å². The Balaban J connectivity index is 1.57. The topological polar surface area (TPSA) is 42.3 Å². The molecule has 2 atom stereocenters. The molecule has 0 aliphatic carbocycles. The van der Waals surface area contributed by atoms with E-state index in [1.165, 1.54) is 10.4 Å². The number of nitrogens with one attached hydrogen (secondary N) is 1. The SMILES string of the molecule is CCCn1cc(CNC[C@@H](c2cccs2)N2CCO[C@H](C)C2)cn1. The first-order chi connectivity index (χ1) is 11.8. The maximum atomic E-state index is 5.71. The second-order valence-corrected chi connectivity index (χ2v) is 7.43. The number of morpholine rings is 1. The van der Waals surface area contributed by atoms with Gasteiger partial charge in [-0.1, -0.05) is 13.0 Å². The van der Waals surface area contributed by atoms with Crippen LogP contribution in [-0.2, 0) is 17.8 Å². The molecule has 1 N–H and O–H groups in total. The molecule has 0 aromatic carbocycles. The quantitative estimate of drug-likeness (QED) is 0.796. The monoisotopic (exact) mass is 348 g/mol. The number of rotatable bonds is 8. The summed E-state index contributed by atoms with van der Waals surface area (Å²) in [5.74, 6) is 0. The third kappa shape index (κ3) is 4.66. The lowest BCUT2D eigenvalue weighted by Gasteiger charge is -2.37. The highest BCUT2D eigenvalue weighted by molar-refractivity contribution is 7.10. The largest absolute Gasteiger partial charge is 0.376 e. The third-order valence-electron chi connectivity index (χ3n) is 4.39. The fourth-order valence-electron chi connectivity index (χ4n) is 3.22. The molecule has 24 heavy (non-hydrogen) atoms. The lowest BCUT2D eigenvalue weighted by molar-refractivity contribution is -0.0339. The van der Waals surface area contributed by atoms with Gasteiger partial charge in [-0.05, 0) is 24.8 Å². The molecule has 1 saturated heterocycles. The predicted octanol–water partition coefficient (Wildman–Crippen LogP) is 2.91. The summed E-state index contributed by atoms with van der Waals surface area (Å²) in [5, 5.41) is 10.2. The minimum atomic E-state index is 0.313. The summed E-state index contributed by atoms with van der Waals surface area (Å²) in [7, 11) is 0. The van der Waals surface area contributed by atoms with E-state index in [9.17, 15) is 0 Å². The highest BCUT2D eigenvalue weighted by Crippen LogP contribution is 2.26. The van der Waals surface area contributed by atoms with E-state index < -0.39 is 0 Å². The van der Waals surface area contributed by atoms with Crippen LogP contribution in [0.5, 0.6) is 0 Å². The van der Waals surface area contributed by atoms with Crippen molar-refractivity contribution in [1.29, 1.82) is 0 Å². The molecule has 0 bridgehead atoms. The Hall–Kier alpha value is -1.21. The first-order valence-corrected chi connectivity index (χ1v) is 9.75. The lowest BCUT2D eigenvalue weighted by atomic mass is 10.1. The van der Waals surface area contributed by atoms with E-state index >= 15 is 0 Å². The Kier molecular flexibility index (Phi) is 6.43. The summed E-state index contributed by atoms with van der Waals surface area (Å²) in [5.41, 5.74) is 1.25. The van der Waals surface area contributed by atoms with Gasteiger partial charge in [-0.25, -0.2) is 0 Å². The molecule has 2 aromatic rings. The van der Waals surface area contributed by atoms with E-state index in [0.29, 0.717) is 12.1 Å². The zero-order valence-electron chi connectivity index (χ0n) is 14.6. The molecule has 1 aliphatic heterocycles. The van der Waals surface area contributed by atoms with Gasteiger partial charge in [-0.15, -0.1) is 11.3 Å². The van der Waals surface area contributed by atoms with Crippen molar-refractivity contribution in [3.05, 3.63) is 40.3 Å². The summed E-state index contributed by atoms with van der Waals surface area (Å²) in [4.78, 5) is 3.98. The van der Waals surface area contributed by atoms with E-state index in [2.05, 4.69) is 52.9 Å². The van der Waals surface area contributed by atoms with Gasteiger partial charge in [0.1, 0.15) is 0 Å². The Labute approximate surface area is 148 Å². The summed E-state index contributed by atoms with van der Waals surface area (Å²) in [6.07, 6.45) is 5.55. The van der Waals surface area contributed by atoms with Crippen LogP contribution < -0.4 is 5.32 Å². The maximum Gasteiger partial charge on any atom is 0.0674 e. The first-order valence-electron chi connectivity index (χ1n) is 8.87. The fourth-order valence-corrected chi connectivity index (χ4v) is 4.08. The summed E-state index contributed by atoms with van der Waals surface area (Å²) in [6.45, 7) is 9.97. The van der Waals surface area contributed by atoms with Crippen molar-refractivity contribution in [2.75, 3.05) is 26.2 Å². The van der Waals surface area contributed by atoms with Crippen molar-refractivity contribution >= 4 is 11.3 Å². The van der Waals surface area contributed by atoms with Crippen molar-refractivity contribution in [2.45, 2.75) is 45.5 Å². The van der Waals surface area contributed by atoms with Crippen molar-refractivity contribution in [1.82, 2.24) is 20.0 Å². The van der Waals surface area contributed by atoms with E-state index in [1.54, 1.807) is 0 Å². The van der Waals surface area contributed by atoms with Crippen LogP contribution in [-0.4, -0.2) is 47.0 Å². The predicted molar refractivity (Wildman–Crippen MR) is 98.3 cm³/mol. The van der Waals surface area contributed by atoms with Crippen LogP contribution in [0.2, 0.25) is 0 Å². The van der Waals surface area contributed by atoms with Gasteiger partial charge in [0.25, 0.3) is 0 Å². The zero-order valence-corrected chi connectivity index (χ0v) is 15.5. The second-order valence-electron chi connectivity index (χ2n) is 6.45. The molecule has 1 fully saturated rings. The molecule has 0 saturated carbocycles. The summed E-state index contributed by atoms with van der Waals surface area (Å²) >= 11 is 1.84. The van der Waals surface area contributed by atoms with E-state index in [0.717, 1.165) is 45.8 Å². The maximum absolute atomic E-state index is 5.71. The van der Waals surface area contributed by atoms with Gasteiger partial charge in [0.15, 0.2) is 0 Å². The number of hydrogen-bond acceptors (Lipinski definition) is 5. The molecular weight excluding hydrogens is 320 g/mol. The molecule has 2 aromatic heterocycles. The van der Waals surface area contributed by atoms with Gasteiger partial charge < -0.3 is 10.1 Å². The standard InChI is InChI=1S/C18H28N4OS/c1-3-6-22-14-16(11-20-22)10-19-12-17(18-5-4-9-24-18)21-7-8-23-15(2)13-21/h4-5,9,11,14-15,17,19H,3,6-8,10,12-13H2,1-2H3/t15-,17+/m1/s1. The van der Waals surface area contributed by atoms with Gasteiger partial charge in [0.05, 0.1) is 24.9 Å². The van der Waals surface area contributed by atoms with E-state index in [4.69, 9.17) is 4.74 Å². The van der Waals surface area contributed by atoms with Crippen LogP contribution in [0.1, 0.15) is 36.8 Å². The van der Waals surface area contributed by atoms with Crippen molar-refractivity contribution in [3.63, 3.8) is 0 Å². The minimum absolute atomic E-state index is 0.313. The third-order valence-corrected chi connectivity index (χ3v) is 5.36. The Morgan fingerprint density at radius 2 is 2.42 bits per heavy atom. The van der Waals surface area contributed by atoms with Gasteiger partial charge in [-0.3, -0.25) is 9.58 Å². The van der Waals surface area contributed by atoms with Crippen LogP contribution in [0.4, 0.5) is 0 Å². The number of hydrogen-bond donors (Lipinski definition) is 1. The molecule has 3 heterocycles. The Morgan fingerprint density at radius 1 is 1.50 bits per heavy atom. The van der Waals surface area contributed by atoms with Crippen molar-refractivity contribution < 1.29 is 4.74 Å². The number of ether oxygens (including phenoxy) is 1. The molecule has 3 rings (SSSR count). The van der Waals surface area contributed by atoms with Crippen LogP contribution in [0.3, 0.4) is 0 Å². The average molecular weight is 349 g/mol. The van der Waals surface area contributed by atoms with Gasteiger partial charge in [0.2, 0.25) is 0 Å². The van der Waals surface area contributed by atoms with Gasteiger partial charge in [-0.2, -0.15) is 5.10 Å². The number of aryl methyl sites for hydroxylation is 1. The van der Waals surface area contributed by atoms with Crippen molar-refractivity contribution in [3.8, 4) is 0 Å². The number of aromatic nitrogens is 2. The molecule has 6 heteroatoms. The Bertz CT molecular complexity index is 598. The lowest BCUT2D eigenvalue weighted by Crippen LogP contribution is -2.45. The minimum Gasteiger partial charge on any atom is -0.376 e. The molecule has 0 unspecified atom stereocenters. The summed E-state index contributed by atoms with van der Waals surface area (Å²) in [6, 6.07) is 4.81. The first kappa shape index (κ1) is 17.6. The highest BCUT2D eigenvalue weighted by Gasteiger charge is 2.25.